The molecule has 0 aliphatic rings. The smallest absolute Gasteiger partial charge is 0.245 e. The van der Waals surface area contributed by atoms with Gasteiger partial charge in [0.05, 0.1) is 3.79 Å². The van der Waals surface area contributed by atoms with Crippen LogP contribution in [0, 0.1) is 0 Å². The molecule has 90 valence electrons. The molecule has 0 spiro atoms. The lowest BCUT2D eigenvalue weighted by Crippen LogP contribution is -2.26. The summed E-state index contributed by atoms with van der Waals surface area (Å²) in [5.74, 6) is 0. The Labute approximate surface area is 108 Å². The Morgan fingerprint density at radius 2 is 2.31 bits per heavy atom. The van der Waals surface area contributed by atoms with Crippen LogP contribution >= 0.6 is 27.3 Å². The van der Waals surface area contributed by atoms with Gasteiger partial charge in [-0.15, -0.1) is 17.9 Å². The van der Waals surface area contributed by atoms with Crippen molar-refractivity contribution in [1.82, 2.24) is 4.31 Å². The summed E-state index contributed by atoms with van der Waals surface area (Å²) in [5.41, 5.74) is 5.48. The first-order valence-corrected chi connectivity index (χ1v) is 7.54. The number of nitrogens with two attached hydrogens (primary N) is 1. The molecular weight excluding hydrogens is 312 g/mol. The second-order valence-electron chi connectivity index (χ2n) is 3.13. The molecule has 0 fully saturated rings. The van der Waals surface area contributed by atoms with Crippen molar-refractivity contribution >= 4 is 37.3 Å². The number of nitrogens with zero attached hydrogens (tertiary/aromatic N) is 1. The summed E-state index contributed by atoms with van der Waals surface area (Å²) in [4.78, 5) is 1.10. The Balaban J connectivity index is 3.16. The van der Waals surface area contributed by atoms with Gasteiger partial charge in [-0.05, 0) is 22.0 Å². The van der Waals surface area contributed by atoms with E-state index in [4.69, 9.17) is 5.73 Å². The minimum atomic E-state index is -3.45. The van der Waals surface area contributed by atoms with Crippen molar-refractivity contribution in [1.29, 1.82) is 0 Å². The summed E-state index contributed by atoms with van der Waals surface area (Å²) in [6.45, 7) is 4.13. The number of hydrogen-bond donors (Lipinski definition) is 1. The molecule has 7 heteroatoms. The number of halogens is 1. The first-order valence-electron chi connectivity index (χ1n) is 4.49. The number of likely N-dealkylation sites (N-methyl/N-ethyl adjacent to an activating group) is 1. The summed E-state index contributed by atoms with van der Waals surface area (Å²) in [5, 5.41) is 0. The average Bonchev–Trinajstić information content (AvgIpc) is 2.60. The van der Waals surface area contributed by atoms with Crippen LogP contribution in [0.2, 0.25) is 0 Å². The van der Waals surface area contributed by atoms with Gasteiger partial charge in [0, 0.05) is 25.0 Å². The number of thiophene rings is 1. The van der Waals surface area contributed by atoms with Crippen LogP contribution in [0.4, 0.5) is 0 Å². The Kier molecular flexibility index (Phi) is 4.69. The zero-order chi connectivity index (χ0) is 12.3. The van der Waals surface area contributed by atoms with Gasteiger partial charge in [0.15, 0.2) is 0 Å². The molecule has 1 aromatic heterocycles. The van der Waals surface area contributed by atoms with E-state index in [0.29, 0.717) is 10.3 Å². The van der Waals surface area contributed by atoms with Gasteiger partial charge in [0.25, 0.3) is 0 Å². The molecular formula is C9H13BrN2O2S2. The first kappa shape index (κ1) is 13.9. The monoisotopic (exact) mass is 324 g/mol. The van der Waals surface area contributed by atoms with E-state index in [1.54, 1.807) is 12.1 Å². The van der Waals surface area contributed by atoms with Crippen LogP contribution in [0.25, 0.3) is 0 Å². The highest BCUT2D eigenvalue weighted by Crippen LogP contribution is 2.32. The predicted molar refractivity (Wildman–Crippen MR) is 69.9 cm³/mol. The van der Waals surface area contributed by atoms with Gasteiger partial charge in [0.1, 0.15) is 4.90 Å². The molecule has 0 unspecified atom stereocenters. The molecule has 0 radical (unpaired) electrons. The molecule has 2 N–H and O–H groups in total. The Bertz CT molecular complexity index is 482. The summed E-state index contributed by atoms with van der Waals surface area (Å²) in [6, 6.07) is 1.60. The van der Waals surface area contributed by atoms with Crippen LogP contribution in [0.3, 0.4) is 0 Å². The Morgan fingerprint density at radius 1 is 1.69 bits per heavy atom. The number of rotatable bonds is 5. The quantitative estimate of drug-likeness (QED) is 0.839. The molecule has 0 atom stereocenters. The maximum absolute atomic E-state index is 12.1. The molecule has 1 aromatic rings. The average molecular weight is 325 g/mol. The lowest BCUT2D eigenvalue weighted by atomic mass is 10.5. The van der Waals surface area contributed by atoms with Gasteiger partial charge in [-0.3, -0.25) is 0 Å². The van der Waals surface area contributed by atoms with Crippen LogP contribution in [-0.4, -0.2) is 26.3 Å². The van der Waals surface area contributed by atoms with Gasteiger partial charge in [-0.2, -0.15) is 4.31 Å². The van der Waals surface area contributed by atoms with Crippen LogP contribution in [0.5, 0.6) is 0 Å². The van der Waals surface area contributed by atoms with Gasteiger partial charge >= 0.3 is 0 Å². The van der Waals surface area contributed by atoms with E-state index in [9.17, 15) is 8.42 Å². The predicted octanol–water partition coefficient (Wildman–Crippen LogP) is 1.78. The molecule has 0 amide bonds. The molecule has 0 saturated heterocycles. The lowest BCUT2D eigenvalue weighted by Gasteiger charge is -2.14. The highest BCUT2D eigenvalue weighted by atomic mass is 79.9. The minimum absolute atomic E-state index is 0.266. The highest BCUT2D eigenvalue weighted by Gasteiger charge is 2.24. The third kappa shape index (κ3) is 2.72. The fourth-order valence-corrected chi connectivity index (χ4v) is 4.77. The molecule has 0 aromatic carbocycles. The van der Waals surface area contributed by atoms with Crippen molar-refractivity contribution in [2.75, 3.05) is 13.6 Å². The fraction of sp³-hybridized carbons (Fsp3) is 0.333. The van der Waals surface area contributed by atoms with Crippen molar-refractivity contribution in [2.24, 2.45) is 5.73 Å². The van der Waals surface area contributed by atoms with Crippen LogP contribution < -0.4 is 5.73 Å². The van der Waals surface area contributed by atoms with Crippen molar-refractivity contribution in [3.63, 3.8) is 0 Å². The van der Waals surface area contributed by atoms with E-state index in [0.717, 1.165) is 4.88 Å². The van der Waals surface area contributed by atoms with E-state index >= 15 is 0 Å². The highest BCUT2D eigenvalue weighted by molar-refractivity contribution is 9.11. The third-order valence-electron chi connectivity index (χ3n) is 1.98. The lowest BCUT2D eigenvalue weighted by molar-refractivity contribution is 0.499. The maximum Gasteiger partial charge on any atom is 0.245 e. The standard InChI is InChI=1S/C9H13BrN2O2S2/c1-3-4-12(2)16(13,14)8-5-7(6-11)15-9(8)10/h3,5H,1,4,6,11H2,2H3. The second-order valence-corrected chi connectivity index (χ2v) is 7.60. The summed E-state index contributed by atoms with van der Waals surface area (Å²) >= 11 is 4.58. The molecule has 16 heavy (non-hydrogen) atoms. The van der Waals surface area contributed by atoms with Crippen molar-refractivity contribution in [3.05, 3.63) is 27.4 Å². The van der Waals surface area contributed by atoms with Crippen LogP contribution in [0.1, 0.15) is 4.88 Å². The first-order chi connectivity index (χ1) is 7.43. The Hall–Kier alpha value is -0.210. The minimum Gasteiger partial charge on any atom is -0.326 e. The van der Waals surface area contributed by atoms with E-state index < -0.39 is 10.0 Å². The number of sulfonamides is 1. The molecule has 0 aliphatic carbocycles. The maximum atomic E-state index is 12.1. The third-order valence-corrected chi connectivity index (χ3v) is 6.08. The fourth-order valence-electron chi connectivity index (χ4n) is 1.12. The second kappa shape index (κ2) is 5.42. The van der Waals surface area contributed by atoms with Crippen molar-refractivity contribution in [3.8, 4) is 0 Å². The molecule has 4 nitrogen and oxygen atoms in total. The zero-order valence-corrected chi connectivity index (χ0v) is 12.0. The van der Waals surface area contributed by atoms with Gasteiger partial charge < -0.3 is 5.73 Å². The van der Waals surface area contributed by atoms with Gasteiger partial charge in [-0.25, -0.2) is 8.42 Å². The molecule has 1 heterocycles. The van der Waals surface area contributed by atoms with E-state index in [1.165, 1.54) is 22.7 Å². The SMILES string of the molecule is C=CCN(C)S(=O)(=O)c1cc(CN)sc1Br. The van der Waals surface area contributed by atoms with E-state index in [1.807, 2.05) is 0 Å². The summed E-state index contributed by atoms with van der Waals surface area (Å²) in [6.07, 6.45) is 1.54. The number of hydrogen-bond acceptors (Lipinski definition) is 4. The largest absolute Gasteiger partial charge is 0.326 e. The molecule has 1 rings (SSSR count). The van der Waals surface area contributed by atoms with E-state index in [-0.39, 0.29) is 11.4 Å². The summed E-state index contributed by atoms with van der Waals surface area (Å²) in [7, 11) is -1.93. The Morgan fingerprint density at radius 3 is 2.75 bits per heavy atom. The van der Waals surface area contributed by atoms with Gasteiger partial charge in [-0.1, -0.05) is 6.08 Å². The van der Waals surface area contributed by atoms with Crippen LogP contribution in [0.15, 0.2) is 27.4 Å². The molecule has 0 saturated carbocycles. The zero-order valence-electron chi connectivity index (χ0n) is 8.81. The van der Waals surface area contributed by atoms with Gasteiger partial charge in [0.2, 0.25) is 10.0 Å². The van der Waals surface area contributed by atoms with Crippen molar-refractivity contribution < 1.29 is 8.42 Å². The molecule has 0 aliphatic heterocycles. The van der Waals surface area contributed by atoms with Crippen molar-refractivity contribution in [2.45, 2.75) is 11.4 Å². The topological polar surface area (TPSA) is 63.4 Å². The van der Waals surface area contributed by atoms with Crippen LogP contribution in [-0.2, 0) is 16.6 Å². The van der Waals surface area contributed by atoms with E-state index in [2.05, 4.69) is 22.5 Å². The normalized spacial score (nSPS) is 12.0. The summed E-state index contributed by atoms with van der Waals surface area (Å²) < 4.78 is 26.0. The molecule has 0 bridgehead atoms.